The molecule has 1 saturated heterocycles. The number of nitrogens with zero attached hydrogens (tertiary/aromatic N) is 3. The summed E-state index contributed by atoms with van der Waals surface area (Å²) in [7, 11) is 2.18. The first kappa shape index (κ1) is 26.2. The molecule has 0 saturated carbocycles. The van der Waals surface area contributed by atoms with E-state index in [0.29, 0.717) is 17.7 Å². The lowest BCUT2D eigenvalue weighted by atomic mass is 10.0. The number of guanidine groups is 1. The molecule has 7 nitrogen and oxygen atoms in total. The van der Waals surface area contributed by atoms with E-state index >= 15 is 0 Å². The van der Waals surface area contributed by atoms with Gasteiger partial charge in [-0.2, -0.15) is 0 Å². The summed E-state index contributed by atoms with van der Waals surface area (Å²) in [4.78, 5) is 9.57. The molecule has 0 amide bonds. The van der Waals surface area contributed by atoms with E-state index in [0.717, 1.165) is 51.0 Å². The number of aryl methyl sites for hydroxylation is 1. The van der Waals surface area contributed by atoms with Gasteiger partial charge in [-0.1, -0.05) is 13.8 Å². The van der Waals surface area contributed by atoms with E-state index in [4.69, 9.17) is 4.42 Å². The normalized spacial score (nSPS) is 19.5. The van der Waals surface area contributed by atoms with E-state index in [1.165, 1.54) is 0 Å². The predicted octanol–water partition coefficient (Wildman–Crippen LogP) is 2.24. The number of aliphatic hydroxyl groups is 1. The molecule has 29 heavy (non-hydrogen) atoms. The number of rotatable bonds is 8. The van der Waals surface area contributed by atoms with Crippen molar-refractivity contribution in [1.82, 2.24) is 20.4 Å². The summed E-state index contributed by atoms with van der Waals surface area (Å²) in [6.45, 7) is 16.5. The zero-order chi connectivity index (χ0) is 20.7. The largest absolute Gasteiger partial charge is 0.463 e. The Kier molecular flexibility index (Phi) is 10.9. The maximum absolute atomic E-state index is 10.7. The highest BCUT2D eigenvalue weighted by Crippen LogP contribution is 2.23. The number of furan rings is 1. The van der Waals surface area contributed by atoms with E-state index in [1.54, 1.807) is 6.92 Å². The maximum Gasteiger partial charge on any atom is 0.191 e. The van der Waals surface area contributed by atoms with Crippen LogP contribution in [0.25, 0.3) is 0 Å². The maximum atomic E-state index is 10.7. The summed E-state index contributed by atoms with van der Waals surface area (Å²) >= 11 is 0. The van der Waals surface area contributed by atoms with E-state index in [9.17, 15) is 5.11 Å². The second-order valence-electron chi connectivity index (χ2n) is 8.41. The Labute approximate surface area is 193 Å². The number of piperazine rings is 1. The van der Waals surface area contributed by atoms with E-state index in [-0.39, 0.29) is 30.5 Å². The lowest BCUT2D eigenvalue weighted by Gasteiger charge is -2.40. The summed E-state index contributed by atoms with van der Waals surface area (Å²) < 4.78 is 5.59. The van der Waals surface area contributed by atoms with Crippen LogP contribution in [0.1, 0.15) is 39.2 Å². The van der Waals surface area contributed by atoms with Gasteiger partial charge in [-0.15, -0.1) is 24.0 Å². The van der Waals surface area contributed by atoms with Crippen molar-refractivity contribution in [3.8, 4) is 0 Å². The second-order valence-corrected chi connectivity index (χ2v) is 8.41. The first-order chi connectivity index (χ1) is 13.2. The fraction of sp³-hybridized carbons (Fsp3) is 0.762. The number of likely N-dealkylation sites (N-methyl/N-ethyl adjacent to an activating group) is 1. The molecule has 0 aliphatic carbocycles. The van der Waals surface area contributed by atoms with Crippen LogP contribution < -0.4 is 10.6 Å². The van der Waals surface area contributed by atoms with Crippen LogP contribution in [0.5, 0.6) is 0 Å². The van der Waals surface area contributed by atoms with E-state index in [2.05, 4.69) is 46.3 Å². The summed E-state index contributed by atoms with van der Waals surface area (Å²) in [5.74, 6) is 2.61. The number of aliphatic imine (C=N–C) groups is 1. The first-order valence-corrected chi connectivity index (χ1v) is 10.5. The average molecular weight is 521 g/mol. The smallest absolute Gasteiger partial charge is 0.191 e. The standard InChI is InChI=1S/C21H39N5O2.HI/c1-7-22-20(24-15-21(5,27)19-9-8-17(4)28-19)23-14-18(16(2)3)26-12-10-25(6)11-13-26;/h8-9,16,18,27H,7,10-15H2,1-6H3,(H2,22,23,24);1H. The molecule has 3 N–H and O–H groups in total. The van der Waals surface area contributed by atoms with Crippen LogP contribution >= 0.6 is 24.0 Å². The van der Waals surface area contributed by atoms with Crippen molar-refractivity contribution in [3.05, 3.63) is 23.7 Å². The molecule has 0 spiro atoms. The van der Waals surface area contributed by atoms with Gasteiger partial charge in [0.15, 0.2) is 5.96 Å². The Balaban J connectivity index is 0.00000420. The van der Waals surface area contributed by atoms with Gasteiger partial charge < -0.3 is 25.1 Å². The third-order valence-electron chi connectivity index (χ3n) is 5.42. The van der Waals surface area contributed by atoms with Crippen LogP contribution in [0.4, 0.5) is 0 Å². The highest BCUT2D eigenvalue weighted by atomic mass is 127. The van der Waals surface area contributed by atoms with Gasteiger partial charge in [-0.25, -0.2) is 4.99 Å². The molecule has 0 radical (unpaired) electrons. The Morgan fingerprint density at radius 2 is 1.90 bits per heavy atom. The first-order valence-electron chi connectivity index (χ1n) is 10.5. The number of hydrogen-bond donors (Lipinski definition) is 3. The van der Waals surface area contributed by atoms with Gasteiger partial charge >= 0.3 is 0 Å². The topological polar surface area (TPSA) is 76.3 Å². The van der Waals surface area contributed by atoms with Crippen LogP contribution in [-0.2, 0) is 5.60 Å². The van der Waals surface area contributed by atoms with Crippen LogP contribution in [-0.4, -0.2) is 79.8 Å². The highest BCUT2D eigenvalue weighted by Gasteiger charge is 2.28. The molecule has 2 unspecified atom stereocenters. The van der Waals surface area contributed by atoms with Gasteiger partial charge in [0, 0.05) is 45.3 Å². The minimum atomic E-state index is -1.13. The number of nitrogens with one attached hydrogen (secondary N) is 2. The van der Waals surface area contributed by atoms with Crippen LogP contribution in [0, 0.1) is 12.8 Å². The van der Waals surface area contributed by atoms with Crippen LogP contribution in [0.3, 0.4) is 0 Å². The molecule has 2 atom stereocenters. The fourth-order valence-corrected chi connectivity index (χ4v) is 3.52. The van der Waals surface area contributed by atoms with Crippen molar-refractivity contribution in [2.24, 2.45) is 10.9 Å². The van der Waals surface area contributed by atoms with Crippen molar-refractivity contribution in [1.29, 1.82) is 0 Å². The highest BCUT2D eigenvalue weighted by molar-refractivity contribution is 14.0. The lowest BCUT2D eigenvalue weighted by molar-refractivity contribution is 0.0428. The lowest BCUT2D eigenvalue weighted by Crippen LogP contribution is -2.55. The monoisotopic (exact) mass is 521 g/mol. The van der Waals surface area contributed by atoms with Gasteiger partial charge in [-0.05, 0) is 45.9 Å². The van der Waals surface area contributed by atoms with Crippen molar-refractivity contribution in [2.45, 2.75) is 46.3 Å². The van der Waals surface area contributed by atoms with Crippen molar-refractivity contribution < 1.29 is 9.52 Å². The van der Waals surface area contributed by atoms with Gasteiger partial charge in [0.2, 0.25) is 0 Å². The van der Waals surface area contributed by atoms with Crippen molar-refractivity contribution in [3.63, 3.8) is 0 Å². The van der Waals surface area contributed by atoms with E-state index in [1.807, 2.05) is 26.0 Å². The summed E-state index contributed by atoms with van der Waals surface area (Å²) in [6.07, 6.45) is 0. The van der Waals surface area contributed by atoms with E-state index < -0.39 is 5.60 Å². The molecule has 2 rings (SSSR count). The van der Waals surface area contributed by atoms with Gasteiger partial charge in [-0.3, -0.25) is 4.90 Å². The van der Waals surface area contributed by atoms with Gasteiger partial charge in [0.05, 0.1) is 6.54 Å². The Morgan fingerprint density at radius 1 is 1.24 bits per heavy atom. The minimum absolute atomic E-state index is 0. The molecule has 8 heteroatoms. The molecule has 1 aromatic rings. The van der Waals surface area contributed by atoms with Crippen LogP contribution in [0.15, 0.2) is 21.5 Å². The Bertz CT molecular complexity index is 624. The molecular weight excluding hydrogens is 481 g/mol. The molecule has 0 aromatic carbocycles. The third-order valence-corrected chi connectivity index (χ3v) is 5.42. The zero-order valence-electron chi connectivity index (χ0n) is 18.9. The Morgan fingerprint density at radius 3 is 2.41 bits per heavy atom. The van der Waals surface area contributed by atoms with Crippen molar-refractivity contribution in [2.75, 3.05) is 52.9 Å². The number of hydrogen-bond acceptors (Lipinski definition) is 5. The predicted molar refractivity (Wildman–Crippen MR) is 130 cm³/mol. The Hall–Kier alpha value is -0.840. The molecule has 2 heterocycles. The molecule has 0 bridgehead atoms. The SMILES string of the molecule is CCNC(=NCC(C)(O)c1ccc(C)o1)NCC(C(C)C)N1CCN(C)CC1.I. The van der Waals surface area contributed by atoms with Crippen molar-refractivity contribution >= 4 is 29.9 Å². The molecule has 1 aromatic heterocycles. The fourth-order valence-electron chi connectivity index (χ4n) is 3.52. The minimum Gasteiger partial charge on any atom is -0.463 e. The zero-order valence-corrected chi connectivity index (χ0v) is 21.2. The third kappa shape index (κ3) is 8.07. The summed E-state index contributed by atoms with van der Waals surface area (Å²) in [6, 6.07) is 4.12. The van der Waals surface area contributed by atoms with Gasteiger partial charge in [0.1, 0.15) is 17.1 Å². The molecule has 168 valence electrons. The average Bonchev–Trinajstić information content (AvgIpc) is 3.08. The van der Waals surface area contributed by atoms with Gasteiger partial charge in [0.25, 0.3) is 0 Å². The molecular formula is C21H40IN5O2. The number of halogens is 1. The van der Waals surface area contributed by atoms with Crippen LogP contribution in [0.2, 0.25) is 0 Å². The molecule has 1 aliphatic rings. The summed E-state index contributed by atoms with van der Waals surface area (Å²) in [5.41, 5.74) is -1.13. The summed E-state index contributed by atoms with van der Waals surface area (Å²) in [5, 5.41) is 17.5. The quantitative estimate of drug-likeness (QED) is 0.277. The second kappa shape index (κ2) is 12.1. The molecule has 1 aliphatic heterocycles. The molecule has 1 fully saturated rings.